The van der Waals surface area contributed by atoms with Crippen LogP contribution in [-0.4, -0.2) is 32.1 Å². The first-order valence-electron chi connectivity index (χ1n) is 10.6. The predicted octanol–water partition coefficient (Wildman–Crippen LogP) is 0.192. The highest BCUT2D eigenvalue weighted by Crippen LogP contribution is 2.48. The molecule has 1 fully saturated rings. The number of para-hydroxylation sites is 1. The van der Waals surface area contributed by atoms with Gasteiger partial charge in [-0.25, -0.2) is 0 Å². The van der Waals surface area contributed by atoms with Crippen LogP contribution in [0.25, 0.3) is 0 Å². The monoisotopic (exact) mass is 398 g/mol. The van der Waals surface area contributed by atoms with Crippen molar-refractivity contribution in [3.05, 3.63) is 65.7 Å². The minimum absolute atomic E-state index is 0. The summed E-state index contributed by atoms with van der Waals surface area (Å²) in [5, 5.41) is 0. The van der Waals surface area contributed by atoms with Gasteiger partial charge in [-0.1, -0.05) is 55.5 Å². The van der Waals surface area contributed by atoms with Crippen molar-refractivity contribution in [1.82, 2.24) is 0 Å². The average Bonchev–Trinajstić information content (AvgIpc) is 2.98. The largest absolute Gasteiger partial charge is 1.00 e. The molecule has 0 aliphatic carbocycles. The summed E-state index contributed by atoms with van der Waals surface area (Å²) in [5.41, 5.74) is 2.88. The number of amides is 1. The SMILES string of the molecule is CCC1(c2ccccc2)C(=O)N(CCC[NH+]2CCCCC2)c2ccccc21.[Cl-]. The van der Waals surface area contributed by atoms with E-state index in [2.05, 4.69) is 48.2 Å². The number of hydrogen-bond donors (Lipinski definition) is 1. The molecule has 4 rings (SSSR count). The van der Waals surface area contributed by atoms with E-state index >= 15 is 0 Å². The lowest BCUT2D eigenvalue weighted by atomic mass is 9.73. The minimum Gasteiger partial charge on any atom is -1.00 e. The third kappa shape index (κ3) is 3.58. The Morgan fingerprint density at radius 1 is 0.964 bits per heavy atom. The fourth-order valence-electron chi connectivity index (χ4n) is 5.08. The van der Waals surface area contributed by atoms with Gasteiger partial charge in [0.15, 0.2) is 0 Å². The maximum atomic E-state index is 13.7. The van der Waals surface area contributed by atoms with Crippen LogP contribution < -0.4 is 22.2 Å². The van der Waals surface area contributed by atoms with Crippen LogP contribution in [0.2, 0.25) is 0 Å². The van der Waals surface area contributed by atoms with Crippen LogP contribution in [0.4, 0.5) is 5.69 Å². The average molecular weight is 399 g/mol. The Morgan fingerprint density at radius 3 is 2.36 bits per heavy atom. The summed E-state index contributed by atoms with van der Waals surface area (Å²) in [6.45, 7) is 6.74. The van der Waals surface area contributed by atoms with Gasteiger partial charge in [-0.3, -0.25) is 4.79 Å². The molecule has 2 aromatic rings. The van der Waals surface area contributed by atoms with E-state index in [-0.39, 0.29) is 18.3 Å². The van der Waals surface area contributed by atoms with E-state index < -0.39 is 5.41 Å². The number of fused-ring (bicyclic) bond motifs is 1. The molecule has 2 aromatic carbocycles. The van der Waals surface area contributed by atoms with Gasteiger partial charge in [-0.15, -0.1) is 0 Å². The highest BCUT2D eigenvalue weighted by molar-refractivity contribution is 6.10. The van der Waals surface area contributed by atoms with Crippen LogP contribution in [0.15, 0.2) is 54.6 Å². The lowest BCUT2D eigenvalue weighted by Crippen LogP contribution is -3.12. The molecule has 0 bridgehead atoms. The van der Waals surface area contributed by atoms with Gasteiger partial charge in [0.25, 0.3) is 0 Å². The molecule has 1 amide bonds. The number of nitrogens with zero attached hydrogens (tertiary/aromatic N) is 1. The molecule has 3 nitrogen and oxygen atoms in total. The van der Waals surface area contributed by atoms with Crippen molar-refractivity contribution in [2.45, 2.75) is 44.4 Å². The van der Waals surface area contributed by atoms with Crippen LogP contribution in [0.5, 0.6) is 0 Å². The summed E-state index contributed by atoms with van der Waals surface area (Å²) in [6.07, 6.45) is 5.96. The van der Waals surface area contributed by atoms with E-state index in [1.165, 1.54) is 44.5 Å². The van der Waals surface area contributed by atoms with E-state index in [1.807, 2.05) is 18.2 Å². The Morgan fingerprint density at radius 2 is 1.64 bits per heavy atom. The number of halogens is 1. The number of carbonyl (C=O) groups is 1. The van der Waals surface area contributed by atoms with Gasteiger partial charge < -0.3 is 22.2 Å². The van der Waals surface area contributed by atoms with Crippen molar-refractivity contribution in [1.29, 1.82) is 0 Å². The maximum absolute atomic E-state index is 13.7. The molecule has 1 unspecified atom stereocenters. The molecular weight excluding hydrogens is 368 g/mol. The first-order chi connectivity index (χ1) is 13.3. The molecule has 1 saturated heterocycles. The summed E-state index contributed by atoms with van der Waals surface area (Å²) in [4.78, 5) is 17.5. The van der Waals surface area contributed by atoms with Gasteiger partial charge in [-0.2, -0.15) is 0 Å². The lowest BCUT2D eigenvalue weighted by Gasteiger charge is -2.29. The second kappa shape index (κ2) is 9.11. The van der Waals surface area contributed by atoms with Crippen molar-refractivity contribution < 1.29 is 22.1 Å². The number of quaternary nitrogens is 1. The summed E-state index contributed by atoms with van der Waals surface area (Å²) >= 11 is 0. The molecule has 2 aliphatic rings. The molecule has 0 spiro atoms. The van der Waals surface area contributed by atoms with E-state index in [0.29, 0.717) is 0 Å². The fraction of sp³-hybridized carbons (Fsp3) is 0.458. The topological polar surface area (TPSA) is 24.8 Å². The molecule has 2 heterocycles. The molecule has 0 radical (unpaired) electrons. The Bertz CT molecular complexity index is 788. The van der Waals surface area contributed by atoms with Crippen LogP contribution in [0.3, 0.4) is 0 Å². The Balaban J connectivity index is 0.00000225. The molecule has 1 atom stereocenters. The molecule has 2 aliphatic heterocycles. The van der Waals surface area contributed by atoms with Gasteiger partial charge >= 0.3 is 0 Å². The summed E-state index contributed by atoms with van der Waals surface area (Å²) in [7, 11) is 0. The van der Waals surface area contributed by atoms with Gasteiger partial charge in [-0.05, 0) is 42.9 Å². The van der Waals surface area contributed by atoms with E-state index in [4.69, 9.17) is 0 Å². The second-order valence-electron chi connectivity index (χ2n) is 8.01. The zero-order valence-corrected chi connectivity index (χ0v) is 17.5. The highest BCUT2D eigenvalue weighted by atomic mass is 35.5. The molecular formula is C24H31ClN2O. The number of carbonyl (C=O) groups excluding carboxylic acids is 1. The third-order valence-electron chi connectivity index (χ3n) is 6.53. The first kappa shape index (κ1) is 20.9. The maximum Gasteiger partial charge on any atom is 0.242 e. The van der Waals surface area contributed by atoms with Crippen molar-refractivity contribution >= 4 is 11.6 Å². The molecule has 4 heteroatoms. The van der Waals surface area contributed by atoms with Crippen molar-refractivity contribution in [2.24, 2.45) is 0 Å². The van der Waals surface area contributed by atoms with E-state index in [0.717, 1.165) is 30.6 Å². The Hall–Kier alpha value is -1.84. The zero-order valence-electron chi connectivity index (χ0n) is 16.8. The molecule has 28 heavy (non-hydrogen) atoms. The normalized spacial score (nSPS) is 22.0. The molecule has 0 saturated carbocycles. The Labute approximate surface area is 175 Å². The van der Waals surface area contributed by atoms with Crippen LogP contribution in [0, 0.1) is 0 Å². The summed E-state index contributed by atoms with van der Waals surface area (Å²) in [5.74, 6) is 0.256. The fourth-order valence-corrected chi connectivity index (χ4v) is 5.08. The van der Waals surface area contributed by atoms with Gasteiger partial charge in [0, 0.05) is 18.7 Å². The van der Waals surface area contributed by atoms with E-state index in [1.54, 1.807) is 4.90 Å². The van der Waals surface area contributed by atoms with Crippen LogP contribution >= 0.6 is 0 Å². The number of piperidine rings is 1. The van der Waals surface area contributed by atoms with Crippen LogP contribution in [-0.2, 0) is 10.2 Å². The quantitative estimate of drug-likeness (QED) is 0.738. The predicted molar refractivity (Wildman–Crippen MR) is 110 cm³/mol. The zero-order chi connectivity index (χ0) is 18.7. The third-order valence-corrected chi connectivity index (χ3v) is 6.53. The molecule has 150 valence electrons. The van der Waals surface area contributed by atoms with Crippen LogP contribution in [0.1, 0.15) is 50.2 Å². The van der Waals surface area contributed by atoms with Gasteiger partial charge in [0.05, 0.1) is 19.6 Å². The number of nitrogens with one attached hydrogen (secondary N) is 1. The van der Waals surface area contributed by atoms with Gasteiger partial charge in [0.2, 0.25) is 5.91 Å². The summed E-state index contributed by atoms with van der Waals surface area (Å²) in [6, 6.07) is 18.8. The molecule has 1 N–H and O–H groups in total. The first-order valence-corrected chi connectivity index (χ1v) is 10.6. The summed E-state index contributed by atoms with van der Waals surface area (Å²) < 4.78 is 0. The number of anilines is 1. The Kier molecular flexibility index (Phi) is 6.79. The second-order valence-corrected chi connectivity index (χ2v) is 8.01. The standard InChI is InChI=1S/C24H30N2O.ClH/c1-2-24(20-12-5-3-6-13-20)21-14-7-8-15-22(21)26(23(24)27)19-11-18-25-16-9-4-10-17-25;/h3,5-8,12-15H,2,4,9-11,16-19H2,1H3;1H. The number of likely N-dealkylation sites (tertiary alicyclic amines) is 1. The smallest absolute Gasteiger partial charge is 0.242 e. The number of rotatable bonds is 6. The van der Waals surface area contributed by atoms with E-state index in [9.17, 15) is 4.79 Å². The minimum atomic E-state index is -0.532. The molecule has 0 aromatic heterocycles. The number of benzene rings is 2. The van der Waals surface area contributed by atoms with Crippen molar-refractivity contribution in [3.63, 3.8) is 0 Å². The number of hydrogen-bond acceptors (Lipinski definition) is 1. The van der Waals surface area contributed by atoms with Crippen molar-refractivity contribution in [3.8, 4) is 0 Å². The lowest BCUT2D eigenvalue weighted by molar-refractivity contribution is -0.904. The van der Waals surface area contributed by atoms with Gasteiger partial charge in [0.1, 0.15) is 5.41 Å². The van der Waals surface area contributed by atoms with Crippen molar-refractivity contribution in [2.75, 3.05) is 31.1 Å². The highest BCUT2D eigenvalue weighted by Gasteiger charge is 2.50.